The Morgan fingerprint density at radius 3 is 2.52 bits per heavy atom. The van der Waals surface area contributed by atoms with Crippen LogP contribution in [0.2, 0.25) is 0 Å². The van der Waals surface area contributed by atoms with Gasteiger partial charge in [-0.25, -0.2) is 0 Å². The second-order valence-electron chi connectivity index (χ2n) is 7.29. The minimum Gasteiger partial charge on any atom is -0.484 e. The van der Waals surface area contributed by atoms with Crippen molar-refractivity contribution < 1.29 is 19.0 Å². The number of hydrogen-bond acceptors (Lipinski definition) is 4. The molecule has 0 unspecified atom stereocenters. The molecule has 2 aliphatic rings. The summed E-state index contributed by atoms with van der Waals surface area (Å²) in [5.74, 6) is 1.71. The van der Waals surface area contributed by atoms with Crippen molar-refractivity contribution in [3.8, 4) is 5.75 Å². The molecule has 2 aliphatic heterocycles. The number of hydrogen-bond donors (Lipinski definition) is 0. The molecule has 0 spiro atoms. The lowest BCUT2D eigenvalue weighted by Gasteiger charge is -2.33. The van der Waals surface area contributed by atoms with Crippen LogP contribution in [0.15, 0.2) is 18.2 Å². The summed E-state index contributed by atoms with van der Waals surface area (Å²) in [5.41, 5.74) is 2.52. The molecule has 138 valence electrons. The summed E-state index contributed by atoms with van der Waals surface area (Å²) in [4.78, 5) is 14.3. The summed E-state index contributed by atoms with van der Waals surface area (Å²) in [6.07, 6.45) is 1.79. The highest BCUT2D eigenvalue weighted by molar-refractivity contribution is 5.77. The molecule has 0 bridgehead atoms. The number of rotatable bonds is 5. The first kappa shape index (κ1) is 18.2. The van der Waals surface area contributed by atoms with Crippen molar-refractivity contribution in [2.75, 3.05) is 32.9 Å². The van der Waals surface area contributed by atoms with Gasteiger partial charge in [-0.05, 0) is 48.9 Å². The number of benzene rings is 1. The standard InChI is InChI=1S/C20H29NO4/c1-14(2)18-5-4-17(12-15(18)3)25-13-19(22)21-8-6-16(7-9-21)20-23-10-11-24-20/h4-5,12,14,16,20H,6-11,13H2,1-3H3. The molecule has 0 aromatic heterocycles. The number of carbonyl (C=O) groups excluding carboxylic acids is 1. The fraction of sp³-hybridized carbons (Fsp3) is 0.650. The van der Waals surface area contributed by atoms with E-state index in [0.717, 1.165) is 31.7 Å². The largest absolute Gasteiger partial charge is 0.484 e. The lowest BCUT2D eigenvalue weighted by atomic mass is 9.96. The number of amides is 1. The summed E-state index contributed by atoms with van der Waals surface area (Å²) in [6.45, 7) is 9.42. The number of nitrogens with zero attached hydrogens (tertiary/aromatic N) is 1. The van der Waals surface area contributed by atoms with Crippen LogP contribution in [0.1, 0.15) is 43.7 Å². The average Bonchev–Trinajstić information content (AvgIpc) is 3.14. The summed E-state index contributed by atoms with van der Waals surface area (Å²) in [5, 5.41) is 0. The van der Waals surface area contributed by atoms with Crippen molar-refractivity contribution in [1.29, 1.82) is 0 Å². The van der Waals surface area contributed by atoms with Gasteiger partial charge in [0.1, 0.15) is 5.75 Å². The van der Waals surface area contributed by atoms with Gasteiger partial charge in [0.2, 0.25) is 0 Å². The number of likely N-dealkylation sites (tertiary alicyclic amines) is 1. The number of carbonyl (C=O) groups is 1. The Morgan fingerprint density at radius 1 is 1.24 bits per heavy atom. The second kappa shape index (κ2) is 8.19. The predicted octanol–water partition coefficient (Wildman–Crippen LogP) is 3.11. The van der Waals surface area contributed by atoms with Gasteiger partial charge in [0.25, 0.3) is 5.91 Å². The highest BCUT2D eigenvalue weighted by atomic mass is 16.7. The van der Waals surface area contributed by atoms with Crippen molar-refractivity contribution >= 4 is 5.91 Å². The van der Waals surface area contributed by atoms with Gasteiger partial charge in [-0.2, -0.15) is 0 Å². The van der Waals surface area contributed by atoms with Crippen LogP contribution in [0.4, 0.5) is 0 Å². The quantitative estimate of drug-likeness (QED) is 0.821. The van der Waals surface area contributed by atoms with E-state index in [-0.39, 0.29) is 18.8 Å². The Morgan fingerprint density at radius 2 is 1.92 bits per heavy atom. The van der Waals surface area contributed by atoms with E-state index in [1.807, 2.05) is 17.0 Å². The molecule has 5 heteroatoms. The molecule has 0 radical (unpaired) electrons. The van der Waals surface area contributed by atoms with Gasteiger partial charge < -0.3 is 19.1 Å². The SMILES string of the molecule is Cc1cc(OCC(=O)N2CCC(C3OCCO3)CC2)ccc1C(C)C. The smallest absolute Gasteiger partial charge is 0.260 e. The molecule has 2 heterocycles. The van der Waals surface area contributed by atoms with Gasteiger partial charge in [0, 0.05) is 19.0 Å². The third-order valence-electron chi connectivity index (χ3n) is 5.15. The topological polar surface area (TPSA) is 48.0 Å². The molecule has 1 aromatic carbocycles. The van der Waals surface area contributed by atoms with Crippen LogP contribution in [0, 0.1) is 12.8 Å². The average molecular weight is 347 g/mol. The summed E-state index contributed by atoms with van der Waals surface area (Å²) in [6, 6.07) is 6.06. The van der Waals surface area contributed by atoms with Gasteiger partial charge in [-0.15, -0.1) is 0 Å². The predicted molar refractivity (Wildman–Crippen MR) is 95.8 cm³/mol. The molecule has 2 fully saturated rings. The Labute approximate surface area is 150 Å². The first-order chi connectivity index (χ1) is 12.0. The first-order valence-corrected chi connectivity index (χ1v) is 9.29. The van der Waals surface area contributed by atoms with E-state index in [2.05, 4.69) is 26.8 Å². The van der Waals surface area contributed by atoms with Crippen LogP contribution in [0.5, 0.6) is 5.75 Å². The number of piperidine rings is 1. The Kier molecular flexibility index (Phi) is 5.97. The molecule has 0 saturated carbocycles. The van der Waals surface area contributed by atoms with Crippen molar-refractivity contribution in [2.24, 2.45) is 5.92 Å². The zero-order valence-electron chi connectivity index (χ0n) is 15.5. The molecule has 0 atom stereocenters. The van der Waals surface area contributed by atoms with E-state index >= 15 is 0 Å². The van der Waals surface area contributed by atoms with E-state index in [1.54, 1.807) is 0 Å². The monoisotopic (exact) mass is 347 g/mol. The third-order valence-corrected chi connectivity index (χ3v) is 5.15. The van der Waals surface area contributed by atoms with Gasteiger partial charge in [-0.1, -0.05) is 19.9 Å². The lowest BCUT2D eigenvalue weighted by Crippen LogP contribution is -2.43. The molecule has 25 heavy (non-hydrogen) atoms. The van der Waals surface area contributed by atoms with E-state index in [1.165, 1.54) is 11.1 Å². The molecule has 0 aliphatic carbocycles. The van der Waals surface area contributed by atoms with Crippen LogP contribution in [-0.4, -0.2) is 50.0 Å². The van der Waals surface area contributed by atoms with Crippen LogP contribution in [0.3, 0.4) is 0 Å². The Balaban J connectivity index is 1.46. The van der Waals surface area contributed by atoms with Crippen LogP contribution in [-0.2, 0) is 14.3 Å². The molecule has 0 N–H and O–H groups in total. The van der Waals surface area contributed by atoms with E-state index in [4.69, 9.17) is 14.2 Å². The van der Waals surface area contributed by atoms with Crippen molar-refractivity contribution in [2.45, 2.75) is 45.8 Å². The van der Waals surface area contributed by atoms with Gasteiger partial charge >= 0.3 is 0 Å². The van der Waals surface area contributed by atoms with Crippen LogP contribution in [0.25, 0.3) is 0 Å². The summed E-state index contributed by atoms with van der Waals surface area (Å²) < 4.78 is 16.9. The molecule has 5 nitrogen and oxygen atoms in total. The summed E-state index contributed by atoms with van der Waals surface area (Å²) >= 11 is 0. The van der Waals surface area contributed by atoms with E-state index in [9.17, 15) is 4.79 Å². The highest BCUT2D eigenvalue weighted by Crippen LogP contribution is 2.26. The van der Waals surface area contributed by atoms with Crippen LogP contribution < -0.4 is 4.74 Å². The fourth-order valence-corrected chi connectivity index (χ4v) is 3.69. The normalized spacial score (nSPS) is 19.6. The maximum absolute atomic E-state index is 12.4. The molecule has 1 aromatic rings. The minimum atomic E-state index is -0.0732. The molecule has 3 rings (SSSR count). The number of ether oxygens (including phenoxy) is 3. The zero-order valence-corrected chi connectivity index (χ0v) is 15.5. The maximum Gasteiger partial charge on any atom is 0.260 e. The molecular weight excluding hydrogens is 318 g/mol. The zero-order chi connectivity index (χ0) is 17.8. The van der Waals surface area contributed by atoms with E-state index < -0.39 is 0 Å². The minimum absolute atomic E-state index is 0.0531. The lowest BCUT2D eigenvalue weighted by molar-refractivity contribution is -0.138. The Hall–Kier alpha value is -1.59. The number of aryl methyl sites for hydroxylation is 1. The van der Waals surface area contributed by atoms with Crippen LogP contribution >= 0.6 is 0 Å². The molecule has 2 saturated heterocycles. The van der Waals surface area contributed by atoms with Crippen molar-refractivity contribution in [3.63, 3.8) is 0 Å². The fourth-order valence-electron chi connectivity index (χ4n) is 3.69. The third kappa shape index (κ3) is 4.53. The highest BCUT2D eigenvalue weighted by Gasteiger charge is 2.31. The molecule has 1 amide bonds. The van der Waals surface area contributed by atoms with E-state index in [0.29, 0.717) is 25.0 Å². The maximum atomic E-state index is 12.4. The van der Waals surface area contributed by atoms with Gasteiger partial charge in [0.05, 0.1) is 13.2 Å². The summed E-state index contributed by atoms with van der Waals surface area (Å²) in [7, 11) is 0. The van der Waals surface area contributed by atoms with Crippen molar-refractivity contribution in [3.05, 3.63) is 29.3 Å². The Bertz CT molecular complexity index is 587. The van der Waals surface area contributed by atoms with Gasteiger partial charge in [-0.3, -0.25) is 4.79 Å². The first-order valence-electron chi connectivity index (χ1n) is 9.29. The van der Waals surface area contributed by atoms with Gasteiger partial charge in [0.15, 0.2) is 12.9 Å². The second-order valence-corrected chi connectivity index (χ2v) is 7.29. The van der Waals surface area contributed by atoms with Crippen molar-refractivity contribution in [1.82, 2.24) is 4.90 Å². The molecular formula is C20H29NO4.